The van der Waals surface area contributed by atoms with Crippen LogP contribution in [0.4, 0.5) is 0 Å². The van der Waals surface area contributed by atoms with Crippen LogP contribution in [0.3, 0.4) is 0 Å². The highest BCUT2D eigenvalue weighted by Gasteiger charge is 2.41. The Hall–Kier alpha value is -0.610. The zero-order chi connectivity index (χ0) is 11.6. The van der Waals surface area contributed by atoms with E-state index in [2.05, 4.69) is 0 Å². The highest BCUT2D eigenvalue weighted by Crippen LogP contribution is 2.32. The molecule has 0 bridgehead atoms. The van der Waals surface area contributed by atoms with E-state index in [1.807, 2.05) is 20.8 Å². The summed E-state index contributed by atoms with van der Waals surface area (Å²) in [7, 11) is 0. The summed E-state index contributed by atoms with van der Waals surface area (Å²) in [6, 6.07) is 0. The molecule has 0 aliphatic carbocycles. The second-order valence-corrected chi connectivity index (χ2v) is 4.27. The first-order valence-corrected chi connectivity index (χ1v) is 5.48. The fourth-order valence-electron chi connectivity index (χ4n) is 2.00. The molecular weight excluding hydrogens is 196 g/mol. The van der Waals surface area contributed by atoms with Crippen molar-refractivity contribution in [2.45, 2.75) is 52.6 Å². The normalized spacial score (nSPS) is 41.3. The lowest BCUT2D eigenvalue weighted by molar-refractivity contribution is -0.261. The fourth-order valence-corrected chi connectivity index (χ4v) is 2.00. The van der Waals surface area contributed by atoms with E-state index in [0.29, 0.717) is 0 Å². The van der Waals surface area contributed by atoms with E-state index in [-0.39, 0.29) is 17.9 Å². The molecule has 0 aromatic carbocycles. The molecule has 1 rings (SSSR count). The van der Waals surface area contributed by atoms with E-state index >= 15 is 0 Å². The highest BCUT2D eigenvalue weighted by molar-refractivity contribution is 5.66. The maximum absolute atomic E-state index is 10.8. The minimum Gasteiger partial charge on any atom is -0.433 e. The van der Waals surface area contributed by atoms with Crippen LogP contribution in [0.5, 0.6) is 0 Å². The van der Waals surface area contributed by atoms with Gasteiger partial charge in [-0.15, -0.1) is 0 Å². The predicted molar refractivity (Wildman–Crippen MR) is 55.1 cm³/mol. The lowest BCUT2D eigenvalue weighted by Gasteiger charge is -2.41. The fraction of sp³-hybridized carbons (Fsp3) is 0.909. The Kier molecular flexibility index (Phi) is 4.11. The van der Waals surface area contributed by atoms with Gasteiger partial charge in [-0.2, -0.15) is 0 Å². The Morgan fingerprint density at radius 2 is 2.00 bits per heavy atom. The maximum Gasteiger partial charge on any atom is 0.305 e. The number of aliphatic hydroxyl groups excluding tert-OH is 1. The van der Waals surface area contributed by atoms with Gasteiger partial charge in [0.1, 0.15) is 6.10 Å². The number of hydrogen-bond acceptors (Lipinski definition) is 4. The van der Waals surface area contributed by atoms with Crippen LogP contribution in [0.2, 0.25) is 0 Å². The molecule has 0 amide bonds. The average molecular weight is 216 g/mol. The Labute approximate surface area is 90.6 Å². The number of aliphatic hydroxyl groups is 1. The molecule has 1 aliphatic heterocycles. The van der Waals surface area contributed by atoms with Gasteiger partial charge in [-0.25, -0.2) is 0 Å². The van der Waals surface area contributed by atoms with Crippen molar-refractivity contribution < 1.29 is 19.4 Å². The van der Waals surface area contributed by atoms with Crippen LogP contribution in [0, 0.1) is 11.8 Å². The van der Waals surface area contributed by atoms with Crippen LogP contribution >= 0.6 is 0 Å². The highest BCUT2D eigenvalue weighted by atomic mass is 16.7. The van der Waals surface area contributed by atoms with Gasteiger partial charge in [-0.1, -0.05) is 20.8 Å². The second kappa shape index (κ2) is 4.94. The van der Waals surface area contributed by atoms with Crippen molar-refractivity contribution in [3.05, 3.63) is 0 Å². The van der Waals surface area contributed by atoms with Crippen LogP contribution in [0.15, 0.2) is 0 Å². The van der Waals surface area contributed by atoms with Crippen molar-refractivity contribution in [2.75, 3.05) is 0 Å². The van der Waals surface area contributed by atoms with Crippen LogP contribution in [-0.2, 0) is 14.3 Å². The van der Waals surface area contributed by atoms with Gasteiger partial charge in [-0.05, 0) is 18.3 Å². The van der Waals surface area contributed by atoms with Crippen molar-refractivity contribution in [2.24, 2.45) is 11.8 Å². The molecule has 4 nitrogen and oxygen atoms in total. The number of esters is 1. The zero-order valence-corrected chi connectivity index (χ0v) is 9.77. The van der Waals surface area contributed by atoms with E-state index in [1.165, 1.54) is 6.92 Å². The molecule has 0 spiro atoms. The quantitative estimate of drug-likeness (QED) is 0.707. The monoisotopic (exact) mass is 216 g/mol. The molecule has 1 N–H and O–H groups in total. The summed E-state index contributed by atoms with van der Waals surface area (Å²) < 4.78 is 10.5. The molecule has 1 fully saturated rings. The third-order valence-corrected chi connectivity index (χ3v) is 3.23. The molecule has 0 saturated carbocycles. The SMILES string of the molecule is CCC1O[C@@H](OC(C)=O)C(O)[C@@H](C)[C@@H]1C. The lowest BCUT2D eigenvalue weighted by Crippen LogP contribution is -2.50. The molecule has 0 aromatic heterocycles. The maximum atomic E-state index is 10.8. The molecule has 15 heavy (non-hydrogen) atoms. The third kappa shape index (κ3) is 2.69. The molecule has 5 atom stereocenters. The van der Waals surface area contributed by atoms with Crippen LogP contribution < -0.4 is 0 Å². The number of hydrogen-bond donors (Lipinski definition) is 1. The topological polar surface area (TPSA) is 55.8 Å². The van der Waals surface area contributed by atoms with Crippen molar-refractivity contribution in [1.29, 1.82) is 0 Å². The number of ether oxygens (including phenoxy) is 2. The van der Waals surface area contributed by atoms with Gasteiger partial charge in [-0.3, -0.25) is 4.79 Å². The van der Waals surface area contributed by atoms with Gasteiger partial charge in [0.25, 0.3) is 0 Å². The Morgan fingerprint density at radius 1 is 1.40 bits per heavy atom. The van der Waals surface area contributed by atoms with Crippen LogP contribution in [0.1, 0.15) is 34.1 Å². The largest absolute Gasteiger partial charge is 0.433 e. The minimum absolute atomic E-state index is 0.0488. The van der Waals surface area contributed by atoms with Crippen molar-refractivity contribution in [3.8, 4) is 0 Å². The van der Waals surface area contributed by atoms with E-state index < -0.39 is 18.4 Å². The molecule has 0 radical (unpaired) electrons. The first-order chi connectivity index (χ1) is 6.97. The number of carbonyl (C=O) groups excluding carboxylic acids is 1. The summed E-state index contributed by atoms with van der Waals surface area (Å²) >= 11 is 0. The van der Waals surface area contributed by atoms with Crippen molar-refractivity contribution in [3.63, 3.8) is 0 Å². The third-order valence-electron chi connectivity index (χ3n) is 3.23. The molecule has 4 heteroatoms. The first-order valence-electron chi connectivity index (χ1n) is 5.48. The smallest absolute Gasteiger partial charge is 0.305 e. The summed E-state index contributed by atoms with van der Waals surface area (Å²) in [5, 5.41) is 9.87. The summed E-state index contributed by atoms with van der Waals surface area (Å²) in [6.45, 7) is 7.35. The van der Waals surface area contributed by atoms with Gasteiger partial charge in [0.2, 0.25) is 6.29 Å². The van der Waals surface area contributed by atoms with E-state index in [0.717, 1.165) is 6.42 Å². The van der Waals surface area contributed by atoms with E-state index in [1.54, 1.807) is 0 Å². The van der Waals surface area contributed by atoms with Gasteiger partial charge >= 0.3 is 5.97 Å². The van der Waals surface area contributed by atoms with Gasteiger partial charge in [0.05, 0.1) is 6.10 Å². The zero-order valence-electron chi connectivity index (χ0n) is 9.77. The molecule has 1 saturated heterocycles. The molecule has 0 aromatic rings. The van der Waals surface area contributed by atoms with Crippen LogP contribution in [-0.4, -0.2) is 29.6 Å². The molecule has 88 valence electrons. The number of rotatable bonds is 2. The van der Waals surface area contributed by atoms with Crippen molar-refractivity contribution in [1.82, 2.24) is 0 Å². The summed E-state index contributed by atoms with van der Waals surface area (Å²) in [6.07, 6.45) is -0.631. The van der Waals surface area contributed by atoms with Crippen LogP contribution in [0.25, 0.3) is 0 Å². The van der Waals surface area contributed by atoms with Gasteiger partial charge < -0.3 is 14.6 Å². The standard InChI is InChI=1S/C11H20O4/c1-5-9-6(2)7(3)10(13)11(15-9)14-8(4)12/h6-7,9-11,13H,5H2,1-4H3/t6-,7-,9?,10?,11+/m0/s1. The first kappa shape index (κ1) is 12.5. The average Bonchev–Trinajstić information content (AvgIpc) is 2.18. The molecule has 1 heterocycles. The van der Waals surface area contributed by atoms with Gasteiger partial charge in [0.15, 0.2) is 0 Å². The molecule has 1 aliphatic rings. The van der Waals surface area contributed by atoms with E-state index in [4.69, 9.17) is 9.47 Å². The Morgan fingerprint density at radius 3 is 2.47 bits per heavy atom. The summed E-state index contributed by atoms with van der Waals surface area (Å²) in [5.41, 5.74) is 0. The van der Waals surface area contributed by atoms with E-state index in [9.17, 15) is 9.90 Å². The molecular formula is C11H20O4. The second-order valence-electron chi connectivity index (χ2n) is 4.27. The lowest BCUT2D eigenvalue weighted by atomic mass is 9.83. The Bertz CT molecular complexity index is 227. The summed E-state index contributed by atoms with van der Waals surface area (Å²) in [5.74, 6) is -0.0690. The molecule has 2 unspecified atom stereocenters. The predicted octanol–water partition coefficient (Wildman–Crippen LogP) is 1.32. The van der Waals surface area contributed by atoms with Crippen molar-refractivity contribution >= 4 is 5.97 Å². The van der Waals surface area contributed by atoms with Gasteiger partial charge in [0, 0.05) is 6.92 Å². The number of carbonyl (C=O) groups is 1. The summed E-state index contributed by atoms with van der Waals surface area (Å²) in [4.78, 5) is 10.8. The Balaban J connectivity index is 2.69. The minimum atomic E-state index is -0.807.